The summed E-state index contributed by atoms with van der Waals surface area (Å²) < 4.78 is 0. The fourth-order valence-electron chi connectivity index (χ4n) is 0.928. The van der Waals surface area contributed by atoms with E-state index in [1.54, 1.807) is 0 Å². The minimum absolute atomic E-state index is 0. The summed E-state index contributed by atoms with van der Waals surface area (Å²) in [5.41, 5.74) is 1.15. The van der Waals surface area contributed by atoms with Crippen molar-refractivity contribution < 1.29 is 29.4 Å². The third-order valence-corrected chi connectivity index (χ3v) is 1.75. The van der Waals surface area contributed by atoms with E-state index < -0.39 is 0 Å². The molecule has 0 unspecified atom stereocenters. The molecule has 0 atom stereocenters. The van der Waals surface area contributed by atoms with Gasteiger partial charge in [-0.05, 0) is 0 Å². The molecule has 3 nitrogen and oxygen atoms in total. The van der Waals surface area contributed by atoms with Crippen LogP contribution in [0.1, 0.15) is 19.8 Å². The fourth-order valence-corrected chi connectivity index (χ4v) is 0.928. The SMILES string of the molecule is O=[C-]O.[CH2-]CCC.[Zn].[c-]1cc2ccccc2[nH]1. The van der Waals surface area contributed by atoms with Crippen molar-refractivity contribution in [3.05, 3.63) is 43.5 Å². The Kier molecular flexibility index (Phi) is 13.9. The van der Waals surface area contributed by atoms with Gasteiger partial charge in [-0.1, -0.05) is 31.9 Å². The molecule has 0 saturated heterocycles. The standard InChI is InChI=1S/C8H6N.C4H9.CHO2.Zn/c1-2-4-8-7(3-1)5-6-9-8;1-3-4-2;2-1-3;/h1-5,9H;1,3-4H2,2H3;(H,2,3);/q3*-1;. The van der Waals surface area contributed by atoms with E-state index in [9.17, 15) is 0 Å². The Bertz CT molecular complexity index is 355. The minimum Gasteiger partial charge on any atom is -0.665 e. The van der Waals surface area contributed by atoms with Crippen molar-refractivity contribution in [1.82, 2.24) is 4.98 Å². The van der Waals surface area contributed by atoms with Crippen LogP contribution in [-0.4, -0.2) is 16.6 Å². The Hall–Kier alpha value is -1.15. The van der Waals surface area contributed by atoms with Gasteiger partial charge in [-0.25, -0.2) is 0 Å². The summed E-state index contributed by atoms with van der Waals surface area (Å²) >= 11 is 0. The molecular weight excluding hydrogens is 268 g/mol. The molecule has 0 aliphatic carbocycles. The van der Waals surface area contributed by atoms with Gasteiger partial charge in [0.25, 0.3) is 0 Å². The predicted molar refractivity (Wildman–Crippen MR) is 65.7 cm³/mol. The van der Waals surface area contributed by atoms with Crippen molar-refractivity contribution >= 4 is 17.4 Å². The zero-order valence-electron chi connectivity index (χ0n) is 10.1. The number of H-pyrrole nitrogens is 1. The number of unbranched alkanes of at least 4 members (excludes halogenated alkanes) is 1. The number of aromatic nitrogens is 1. The monoisotopic (exact) mass is 282 g/mol. The van der Waals surface area contributed by atoms with Gasteiger partial charge in [0.05, 0.1) is 0 Å². The van der Waals surface area contributed by atoms with E-state index in [1.165, 1.54) is 11.8 Å². The third-order valence-electron chi connectivity index (χ3n) is 1.75. The number of rotatable bonds is 1. The smallest absolute Gasteiger partial charge is 0 e. The first-order chi connectivity index (χ1) is 7.79. The van der Waals surface area contributed by atoms with Crippen molar-refractivity contribution in [2.75, 3.05) is 0 Å². The van der Waals surface area contributed by atoms with Crippen molar-refractivity contribution in [1.29, 1.82) is 0 Å². The van der Waals surface area contributed by atoms with Gasteiger partial charge >= 0.3 is 0 Å². The van der Waals surface area contributed by atoms with Crippen molar-refractivity contribution in [3.8, 4) is 0 Å². The van der Waals surface area contributed by atoms with Gasteiger partial charge in [0.2, 0.25) is 0 Å². The Labute approximate surface area is 115 Å². The van der Waals surface area contributed by atoms with E-state index in [-0.39, 0.29) is 19.5 Å². The normalized spacial score (nSPS) is 7.88. The average Bonchev–Trinajstić information content (AvgIpc) is 2.78. The van der Waals surface area contributed by atoms with Crippen molar-refractivity contribution in [3.63, 3.8) is 0 Å². The number of hydrogen-bond donors (Lipinski definition) is 2. The van der Waals surface area contributed by atoms with Crippen LogP contribution in [0.5, 0.6) is 0 Å². The van der Waals surface area contributed by atoms with Crippen LogP contribution < -0.4 is 0 Å². The molecule has 0 fully saturated rings. The van der Waals surface area contributed by atoms with Gasteiger partial charge in [0.15, 0.2) is 0 Å². The van der Waals surface area contributed by atoms with Crippen molar-refractivity contribution in [2.45, 2.75) is 19.8 Å². The van der Waals surface area contributed by atoms with Gasteiger partial charge in [0, 0.05) is 19.5 Å². The zero-order chi connectivity index (χ0) is 12.2. The van der Waals surface area contributed by atoms with Gasteiger partial charge in [-0.3, -0.25) is 0 Å². The maximum absolute atomic E-state index is 8.24. The number of aliphatic hydroxyl groups excluding tert-OH is 1. The molecule has 2 N–H and O–H groups in total. The van der Waals surface area contributed by atoms with Gasteiger partial charge in [-0.15, -0.1) is 23.8 Å². The molecule has 17 heavy (non-hydrogen) atoms. The summed E-state index contributed by atoms with van der Waals surface area (Å²) in [4.78, 5) is 11.2. The van der Waals surface area contributed by atoms with E-state index in [2.05, 4.69) is 31.1 Å². The molecule has 0 aliphatic heterocycles. The second kappa shape index (κ2) is 12.9. The van der Waals surface area contributed by atoms with Crippen LogP contribution in [0.15, 0.2) is 30.3 Å². The van der Waals surface area contributed by atoms with Crippen LogP contribution in [0, 0.1) is 13.1 Å². The third kappa shape index (κ3) is 8.64. The molecule has 0 bridgehead atoms. The number of nitrogens with one attached hydrogen (secondary N) is 1. The van der Waals surface area contributed by atoms with Crippen LogP contribution in [0.4, 0.5) is 0 Å². The van der Waals surface area contributed by atoms with Crippen LogP contribution in [0.2, 0.25) is 0 Å². The van der Waals surface area contributed by atoms with Gasteiger partial charge in [-0.2, -0.15) is 17.9 Å². The van der Waals surface area contributed by atoms with Crippen molar-refractivity contribution in [2.24, 2.45) is 0 Å². The van der Waals surface area contributed by atoms with E-state index >= 15 is 0 Å². The largest absolute Gasteiger partial charge is 0.665 e. The molecule has 4 heteroatoms. The zero-order valence-corrected chi connectivity index (χ0v) is 13.0. The number of para-hydroxylation sites is 1. The number of aromatic amines is 1. The van der Waals surface area contributed by atoms with E-state index in [4.69, 9.17) is 9.90 Å². The van der Waals surface area contributed by atoms with E-state index in [1.807, 2.05) is 24.3 Å². The Morgan fingerprint density at radius 2 is 2.00 bits per heavy atom. The molecule has 0 spiro atoms. The fraction of sp³-hybridized carbons (Fsp3) is 0.231. The number of benzene rings is 1. The quantitative estimate of drug-likeness (QED) is 0.624. The molecule has 0 saturated carbocycles. The maximum Gasteiger partial charge on any atom is 0 e. The van der Waals surface area contributed by atoms with Crippen LogP contribution in [0.3, 0.4) is 0 Å². The first-order valence-electron chi connectivity index (χ1n) is 5.04. The summed E-state index contributed by atoms with van der Waals surface area (Å²) in [6, 6.07) is 10.1. The van der Waals surface area contributed by atoms with Gasteiger partial charge in [0.1, 0.15) is 0 Å². The minimum atomic E-state index is 0. The molecule has 1 aromatic heterocycles. The molecule has 90 valence electrons. The summed E-state index contributed by atoms with van der Waals surface area (Å²) in [5.74, 6) is 0. The Morgan fingerprint density at radius 3 is 2.47 bits per heavy atom. The summed E-state index contributed by atoms with van der Waals surface area (Å²) in [6.45, 7) is 6.22. The van der Waals surface area contributed by atoms with Gasteiger partial charge < -0.3 is 21.8 Å². The maximum atomic E-state index is 8.24. The molecule has 0 aliphatic rings. The van der Waals surface area contributed by atoms with E-state index in [0.717, 1.165) is 11.9 Å². The Morgan fingerprint density at radius 1 is 1.47 bits per heavy atom. The first kappa shape index (κ1) is 18.2. The first-order valence-corrected chi connectivity index (χ1v) is 5.04. The topological polar surface area (TPSA) is 53.1 Å². The average molecular weight is 284 g/mol. The number of hydrogen-bond acceptors (Lipinski definition) is 1. The van der Waals surface area contributed by atoms with Crippen LogP contribution in [0.25, 0.3) is 10.9 Å². The van der Waals surface area contributed by atoms with Crippen LogP contribution in [-0.2, 0) is 24.3 Å². The molecular formula is C13H16NO2Zn-3. The predicted octanol–water partition coefficient (Wildman–Crippen LogP) is 3.20. The molecule has 2 aromatic rings. The molecule has 0 radical (unpaired) electrons. The summed E-state index contributed by atoms with van der Waals surface area (Å²) in [5, 5.41) is 7.98. The molecule has 2 rings (SSSR count). The second-order valence-corrected chi connectivity index (χ2v) is 2.95. The molecule has 1 aromatic carbocycles. The number of fused-ring (bicyclic) bond motifs is 1. The van der Waals surface area contributed by atoms with Crippen LogP contribution >= 0.6 is 0 Å². The van der Waals surface area contributed by atoms with E-state index in [0.29, 0.717) is 6.47 Å². The Balaban J connectivity index is 0. The second-order valence-electron chi connectivity index (χ2n) is 2.95. The summed E-state index contributed by atoms with van der Waals surface area (Å²) in [6.07, 6.45) is 5.19. The summed E-state index contributed by atoms with van der Waals surface area (Å²) in [7, 11) is 0. The molecule has 0 amide bonds. The molecule has 1 heterocycles.